The summed E-state index contributed by atoms with van der Waals surface area (Å²) in [4.78, 5) is 11.6. The van der Waals surface area contributed by atoms with Crippen molar-refractivity contribution in [3.63, 3.8) is 0 Å². The number of nitrogens with one attached hydrogen (secondary N) is 1. The standard InChI is InChI=1S/C14H13Cl3F2N4O/c1-6(5-24-14-9(16)3-8(15)4-20-14)21-13-10(17)11(12(18)19)22-7(2)23-13/h3-4,6,12H,5H2,1-2H3,(H,21,22,23). The highest BCUT2D eigenvalue weighted by atomic mass is 35.5. The van der Waals surface area contributed by atoms with Crippen molar-refractivity contribution in [2.45, 2.75) is 26.3 Å². The first-order valence-electron chi connectivity index (χ1n) is 6.80. The van der Waals surface area contributed by atoms with Crippen molar-refractivity contribution in [2.75, 3.05) is 11.9 Å². The Bertz CT molecular complexity index is 733. The molecule has 0 saturated heterocycles. The number of aryl methyl sites for hydroxylation is 1. The molecule has 2 heterocycles. The van der Waals surface area contributed by atoms with Gasteiger partial charge in [0.1, 0.15) is 34.0 Å². The summed E-state index contributed by atoms with van der Waals surface area (Å²) in [6, 6.07) is 1.19. The predicted octanol–water partition coefficient (Wildman–Crippen LogP) is 4.96. The van der Waals surface area contributed by atoms with Gasteiger partial charge in [-0.2, -0.15) is 0 Å². The Balaban J connectivity index is 2.06. The van der Waals surface area contributed by atoms with Gasteiger partial charge in [0.2, 0.25) is 5.88 Å². The molecule has 5 nitrogen and oxygen atoms in total. The minimum atomic E-state index is -2.79. The molecule has 2 rings (SSSR count). The van der Waals surface area contributed by atoms with E-state index in [9.17, 15) is 8.78 Å². The van der Waals surface area contributed by atoms with Crippen LogP contribution in [0.3, 0.4) is 0 Å². The third-order valence-electron chi connectivity index (χ3n) is 2.82. The van der Waals surface area contributed by atoms with Gasteiger partial charge in [-0.3, -0.25) is 0 Å². The lowest BCUT2D eigenvalue weighted by Crippen LogP contribution is -2.25. The maximum atomic E-state index is 12.9. The summed E-state index contributed by atoms with van der Waals surface area (Å²) in [6.07, 6.45) is -1.39. The largest absolute Gasteiger partial charge is 0.474 e. The normalized spacial score (nSPS) is 12.3. The zero-order chi connectivity index (χ0) is 17.9. The molecule has 0 aliphatic rings. The SMILES string of the molecule is Cc1nc(NC(C)COc2ncc(Cl)cc2Cl)c(Cl)c(C(F)F)n1. The van der Waals surface area contributed by atoms with E-state index in [1.165, 1.54) is 19.2 Å². The summed E-state index contributed by atoms with van der Waals surface area (Å²) in [7, 11) is 0. The second-order valence-electron chi connectivity index (χ2n) is 4.92. The number of halogens is 5. The zero-order valence-corrected chi connectivity index (χ0v) is 14.9. The molecule has 24 heavy (non-hydrogen) atoms. The average Bonchev–Trinajstić information content (AvgIpc) is 2.49. The van der Waals surface area contributed by atoms with Gasteiger partial charge in [-0.15, -0.1) is 0 Å². The number of rotatable bonds is 6. The molecule has 2 aromatic rings. The molecule has 0 spiro atoms. The summed E-state index contributed by atoms with van der Waals surface area (Å²) in [5.41, 5.74) is -0.512. The van der Waals surface area contributed by atoms with Gasteiger partial charge in [-0.25, -0.2) is 23.7 Å². The molecule has 130 valence electrons. The molecule has 2 aromatic heterocycles. The van der Waals surface area contributed by atoms with Crippen molar-refractivity contribution in [3.05, 3.63) is 38.8 Å². The molecule has 1 atom stereocenters. The quantitative estimate of drug-likeness (QED) is 0.747. The van der Waals surface area contributed by atoms with E-state index < -0.39 is 12.1 Å². The van der Waals surface area contributed by atoms with Gasteiger partial charge in [-0.05, 0) is 19.9 Å². The average molecular weight is 398 g/mol. The Hall–Kier alpha value is -1.44. The van der Waals surface area contributed by atoms with Gasteiger partial charge in [0.05, 0.1) is 11.1 Å². The molecule has 1 N–H and O–H groups in total. The second kappa shape index (κ2) is 8.09. The van der Waals surface area contributed by atoms with Crippen LogP contribution in [0.5, 0.6) is 5.88 Å². The fourth-order valence-corrected chi connectivity index (χ4v) is 2.46. The van der Waals surface area contributed by atoms with Gasteiger partial charge in [0, 0.05) is 6.20 Å². The van der Waals surface area contributed by atoms with Crippen LogP contribution in [0.25, 0.3) is 0 Å². The van der Waals surface area contributed by atoms with E-state index in [0.717, 1.165) is 0 Å². The van der Waals surface area contributed by atoms with E-state index in [2.05, 4.69) is 20.3 Å². The molecule has 0 fully saturated rings. The molecule has 0 aliphatic heterocycles. The highest BCUT2D eigenvalue weighted by Gasteiger charge is 2.20. The molecule has 0 aromatic carbocycles. The predicted molar refractivity (Wildman–Crippen MR) is 89.6 cm³/mol. The summed E-state index contributed by atoms with van der Waals surface area (Å²) in [6.45, 7) is 3.42. The number of ether oxygens (including phenoxy) is 1. The van der Waals surface area contributed by atoms with Crippen LogP contribution >= 0.6 is 34.8 Å². The Kier molecular flexibility index (Phi) is 6.37. The lowest BCUT2D eigenvalue weighted by Gasteiger charge is -2.17. The number of anilines is 1. The summed E-state index contributed by atoms with van der Waals surface area (Å²) < 4.78 is 31.3. The Morgan fingerprint density at radius 2 is 1.96 bits per heavy atom. The van der Waals surface area contributed by atoms with Crippen LogP contribution in [0.4, 0.5) is 14.6 Å². The number of alkyl halides is 2. The first-order valence-corrected chi connectivity index (χ1v) is 7.94. The lowest BCUT2D eigenvalue weighted by atomic mass is 10.3. The van der Waals surface area contributed by atoms with E-state index >= 15 is 0 Å². The highest BCUT2D eigenvalue weighted by molar-refractivity contribution is 6.35. The zero-order valence-electron chi connectivity index (χ0n) is 12.7. The molecular formula is C14H13Cl3F2N4O. The van der Waals surface area contributed by atoms with Gasteiger partial charge < -0.3 is 10.1 Å². The summed E-state index contributed by atoms with van der Waals surface area (Å²) in [5, 5.41) is 3.35. The molecular weight excluding hydrogens is 385 g/mol. The third kappa shape index (κ3) is 4.78. The van der Waals surface area contributed by atoms with Crippen LogP contribution in [0, 0.1) is 6.92 Å². The smallest absolute Gasteiger partial charge is 0.282 e. The lowest BCUT2D eigenvalue weighted by molar-refractivity contribution is 0.146. The molecule has 10 heteroatoms. The van der Waals surface area contributed by atoms with Crippen LogP contribution in [-0.2, 0) is 0 Å². The Morgan fingerprint density at radius 1 is 1.25 bits per heavy atom. The molecule has 0 saturated carbocycles. The fraction of sp³-hybridized carbons (Fsp3) is 0.357. The number of nitrogens with zero attached hydrogens (tertiary/aromatic N) is 3. The summed E-state index contributed by atoms with van der Waals surface area (Å²) >= 11 is 17.6. The molecule has 0 radical (unpaired) electrons. The molecule has 1 unspecified atom stereocenters. The Morgan fingerprint density at radius 3 is 2.58 bits per heavy atom. The monoisotopic (exact) mass is 396 g/mol. The van der Waals surface area contributed by atoms with Gasteiger partial charge in [0.15, 0.2) is 0 Å². The van der Waals surface area contributed by atoms with E-state index in [0.29, 0.717) is 5.02 Å². The number of hydrogen-bond acceptors (Lipinski definition) is 5. The van der Waals surface area contributed by atoms with Crippen molar-refractivity contribution in [1.82, 2.24) is 15.0 Å². The van der Waals surface area contributed by atoms with Crippen molar-refractivity contribution in [1.29, 1.82) is 0 Å². The van der Waals surface area contributed by atoms with E-state index in [4.69, 9.17) is 39.5 Å². The maximum Gasteiger partial charge on any atom is 0.282 e. The highest BCUT2D eigenvalue weighted by Crippen LogP contribution is 2.30. The molecule has 0 aliphatic carbocycles. The molecule has 0 bridgehead atoms. The van der Waals surface area contributed by atoms with Crippen LogP contribution < -0.4 is 10.1 Å². The van der Waals surface area contributed by atoms with E-state index in [-0.39, 0.29) is 40.2 Å². The summed E-state index contributed by atoms with van der Waals surface area (Å²) in [5.74, 6) is 0.520. The van der Waals surface area contributed by atoms with Gasteiger partial charge >= 0.3 is 0 Å². The van der Waals surface area contributed by atoms with Crippen molar-refractivity contribution < 1.29 is 13.5 Å². The molecule has 0 amide bonds. The second-order valence-corrected chi connectivity index (χ2v) is 6.14. The fourth-order valence-electron chi connectivity index (χ4n) is 1.81. The minimum absolute atomic E-state index is 0.116. The maximum absolute atomic E-state index is 12.9. The van der Waals surface area contributed by atoms with Crippen LogP contribution in [-0.4, -0.2) is 27.6 Å². The minimum Gasteiger partial charge on any atom is -0.474 e. The van der Waals surface area contributed by atoms with E-state index in [1.807, 2.05) is 0 Å². The third-order valence-corrected chi connectivity index (χ3v) is 3.67. The van der Waals surface area contributed by atoms with Crippen molar-refractivity contribution in [3.8, 4) is 5.88 Å². The number of pyridine rings is 1. The first kappa shape index (κ1) is 18.9. The van der Waals surface area contributed by atoms with Gasteiger partial charge in [0.25, 0.3) is 6.43 Å². The van der Waals surface area contributed by atoms with Gasteiger partial charge in [-0.1, -0.05) is 34.8 Å². The van der Waals surface area contributed by atoms with E-state index in [1.54, 1.807) is 6.92 Å². The van der Waals surface area contributed by atoms with Crippen LogP contribution in [0.15, 0.2) is 12.3 Å². The topological polar surface area (TPSA) is 59.9 Å². The van der Waals surface area contributed by atoms with Crippen LogP contribution in [0.2, 0.25) is 15.1 Å². The van der Waals surface area contributed by atoms with Crippen molar-refractivity contribution in [2.24, 2.45) is 0 Å². The van der Waals surface area contributed by atoms with Crippen LogP contribution in [0.1, 0.15) is 24.9 Å². The Labute approximate surface area is 152 Å². The number of aromatic nitrogens is 3. The number of hydrogen-bond donors (Lipinski definition) is 1. The first-order chi connectivity index (χ1) is 11.3. The van der Waals surface area contributed by atoms with Crippen molar-refractivity contribution >= 4 is 40.6 Å².